The summed E-state index contributed by atoms with van der Waals surface area (Å²) in [7, 11) is 0. The molecule has 3 heteroatoms. The topological polar surface area (TPSA) is 26.0 Å². The molecular formula is C13H19F2N. The number of halogens is 2. The van der Waals surface area contributed by atoms with Gasteiger partial charge in [-0.1, -0.05) is 19.9 Å². The van der Waals surface area contributed by atoms with Crippen LogP contribution in [0.3, 0.4) is 0 Å². The molecule has 0 spiro atoms. The second-order valence-corrected chi connectivity index (χ2v) is 4.68. The van der Waals surface area contributed by atoms with Gasteiger partial charge in [0.05, 0.1) is 0 Å². The molecule has 0 aliphatic carbocycles. The molecule has 1 atom stereocenters. The lowest BCUT2D eigenvalue weighted by Crippen LogP contribution is -2.22. The molecule has 16 heavy (non-hydrogen) atoms. The first-order valence-corrected chi connectivity index (χ1v) is 5.68. The average Bonchev–Trinajstić information content (AvgIpc) is 2.19. The van der Waals surface area contributed by atoms with Gasteiger partial charge in [0.2, 0.25) is 0 Å². The maximum atomic E-state index is 12.9. The van der Waals surface area contributed by atoms with Crippen molar-refractivity contribution in [2.45, 2.75) is 39.2 Å². The van der Waals surface area contributed by atoms with Gasteiger partial charge in [0.15, 0.2) is 11.6 Å². The maximum absolute atomic E-state index is 12.9. The lowest BCUT2D eigenvalue weighted by atomic mass is 9.98. The summed E-state index contributed by atoms with van der Waals surface area (Å²) in [6.07, 6.45) is 2.47. The SMILES string of the molecule is CC(C)CC(N)CCc1ccc(F)c(F)c1. The molecule has 0 bridgehead atoms. The van der Waals surface area contributed by atoms with Gasteiger partial charge in [0, 0.05) is 6.04 Å². The molecule has 0 aliphatic heterocycles. The Labute approximate surface area is 95.7 Å². The van der Waals surface area contributed by atoms with Crippen LogP contribution in [0.5, 0.6) is 0 Å². The van der Waals surface area contributed by atoms with Crippen LogP contribution < -0.4 is 5.73 Å². The Kier molecular flexibility index (Phi) is 4.87. The molecule has 0 fully saturated rings. The lowest BCUT2D eigenvalue weighted by molar-refractivity contribution is 0.471. The van der Waals surface area contributed by atoms with E-state index >= 15 is 0 Å². The third kappa shape index (κ3) is 4.27. The van der Waals surface area contributed by atoms with Gasteiger partial charge in [-0.25, -0.2) is 8.78 Å². The number of rotatable bonds is 5. The zero-order valence-electron chi connectivity index (χ0n) is 9.84. The fraction of sp³-hybridized carbons (Fsp3) is 0.538. The summed E-state index contributed by atoms with van der Waals surface area (Å²) in [5, 5.41) is 0. The molecule has 2 N–H and O–H groups in total. The smallest absolute Gasteiger partial charge is 0.159 e. The molecule has 90 valence electrons. The van der Waals surface area contributed by atoms with Crippen LogP contribution in [0.1, 0.15) is 32.3 Å². The van der Waals surface area contributed by atoms with Crippen molar-refractivity contribution in [2.75, 3.05) is 0 Å². The Morgan fingerprint density at radius 2 is 1.88 bits per heavy atom. The number of aryl methyl sites for hydroxylation is 1. The van der Waals surface area contributed by atoms with E-state index in [1.165, 1.54) is 12.1 Å². The molecule has 1 aromatic rings. The van der Waals surface area contributed by atoms with E-state index in [1.54, 1.807) is 6.07 Å². The summed E-state index contributed by atoms with van der Waals surface area (Å²) in [6, 6.07) is 4.16. The van der Waals surface area contributed by atoms with Gasteiger partial charge in [0.1, 0.15) is 0 Å². The molecule has 0 aliphatic rings. The van der Waals surface area contributed by atoms with Crippen LogP contribution in [0.15, 0.2) is 18.2 Å². The normalized spacial score (nSPS) is 13.1. The van der Waals surface area contributed by atoms with Crippen LogP contribution in [-0.4, -0.2) is 6.04 Å². The van der Waals surface area contributed by atoms with Gasteiger partial charge in [-0.05, 0) is 42.9 Å². The molecule has 0 heterocycles. The first-order valence-electron chi connectivity index (χ1n) is 5.68. The average molecular weight is 227 g/mol. The highest BCUT2D eigenvalue weighted by Crippen LogP contribution is 2.13. The molecule has 1 aromatic carbocycles. The largest absolute Gasteiger partial charge is 0.328 e. The molecule has 0 amide bonds. The maximum Gasteiger partial charge on any atom is 0.159 e. The van der Waals surface area contributed by atoms with E-state index in [0.29, 0.717) is 12.3 Å². The van der Waals surface area contributed by atoms with E-state index in [0.717, 1.165) is 18.4 Å². The Morgan fingerprint density at radius 3 is 2.44 bits per heavy atom. The molecule has 1 rings (SSSR count). The highest BCUT2D eigenvalue weighted by atomic mass is 19.2. The summed E-state index contributed by atoms with van der Waals surface area (Å²) in [5.74, 6) is -1.01. The van der Waals surface area contributed by atoms with Crippen LogP contribution in [0.4, 0.5) is 8.78 Å². The highest BCUT2D eigenvalue weighted by molar-refractivity contribution is 5.17. The van der Waals surface area contributed by atoms with E-state index in [4.69, 9.17) is 5.73 Å². The summed E-state index contributed by atoms with van der Waals surface area (Å²) >= 11 is 0. The molecule has 0 saturated heterocycles. The van der Waals surface area contributed by atoms with E-state index in [9.17, 15) is 8.78 Å². The van der Waals surface area contributed by atoms with Crippen molar-refractivity contribution in [2.24, 2.45) is 11.7 Å². The van der Waals surface area contributed by atoms with E-state index < -0.39 is 11.6 Å². The minimum Gasteiger partial charge on any atom is -0.328 e. The van der Waals surface area contributed by atoms with E-state index in [1.807, 2.05) is 0 Å². The summed E-state index contributed by atoms with van der Waals surface area (Å²) < 4.78 is 25.6. The fourth-order valence-corrected chi connectivity index (χ4v) is 1.77. The van der Waals surface area contributed by atoms with Crippen molar-refractivity contribution in [1.82, 2.24) is 0 Å². The van der Waals surface area contributed by atoms with Gasteiger partial charge < -0.3 is 5.73 Å². The third-order valence-corrected chi connectivity index (χ3v) is 2.56. The number of nitrogens with two attached hydrogens (primary N) is 1. The Hall–Kier alpha value is -0.960. The van der Waals surface area contributed by atoms with E-state index in [-0.39, 0.29) is 6.04 Å². The molecular weight excluding hydrogens is 208 g/mol. The minimum absolute atomic E-state index is 0.133. The van der Waals surface area contributed by atoms with Gasteiger partial charge in [-0.2, -0.15) is 0 Å². The third-order valence-electron chi connectivity index (χ3n) is 2.56. The van der Waals surface area contributed by atoms with Crippen LogP contribution in [-0.2, 0) is 6.42 Å². The standard InChI is InChI=1S/C13H19F2N/c1-9(2)7-11(16)5-3-10-4-6-12(14)13(15)8-10/h4,6,8-9,11H,3,5,7,16H2,1-2H3. The summed E-state index contributed by atoms with van der Waals surface area (Å²) in [5.41, 5.74) is 6.73. The summed E-state index contributed by atoms with van der Waals surface area (Å²) in [6.45, 7) is 4.24. The lowest BCUT2D eigenvalue weighted by Gasteiger charge is -2.13. The van der Waals surface area contributed by atoms with Gasteiger partial charge in [-0.3, -0.25) is 0 Å². The molecule has 0 radical (unpaired) electrons. The Morgan fingerprint density at radius 1 is 1.19 bits per heavy atom. The monoisotopic (exact) mass is 227 g/mol. The van der Waals surface area contributed by atoms with Crippen LogP contribution in [0.25, 0.3) is 0 Å². The zero-order chi connectivity index (χ0) is 12.1. The van der Waals surface area contributed by atoms with Crippen molar-refractivity contribution in [3.8, 4) is 0 Å². The quantitative estimate of drug-likeness (QED) is 0.820. The zero-order valence-corrected chi connectivity index (χ0v) is 9.84. The predicted octanol–water partition coefficient (Wildman–Crippen LogP) is 3.27. The number of benzene rings is 1. The van der Waals surface area contributed by atoms with Crippen molar-refractivity contribution in [3.05, 3.63) is 35.4 Å². The van der Waals surface area contributed by atoms with Crippen molar-refractivity contribution < 1.29 is 8.78 Å². The van der Waals surface area contributed by atoms with Crippen molar-refractivity contribution in [1.29, 1.82) is 0 Å². The van der Waals surface area contributed by atoms with Crippen molar-refractivity contribution >= 4 is 0 Å². The van der Waals surface area contributed by atoms with E-state index in [2.05, 4.69) is 13.8 Å². The summed E-state index contributed by atoms with van der Waals surface area (Å²) in [4.78, 5) is 0. The number of hydrogen-bond acceptors (Lipinski definition) is 1. The van der Waals surface area contributed by atoms with Crippen LogP contribution >= 0.6 is 0 Å². The molecule has 1 nitrogen and oxygen atoms in total. The second-order valence-electron chi connectivity index (χ2n) is 4.68. The number of hydrogen-bond donors (Lipinski definition) is 1. The molecule has 1 unspecified atom stereocenters. The highest BCUT2D eigenvalue weighted by Gasteiger charge is 2.07. The first-order chi connectivity index (χ1) is 7.49. The van der Waals surface area contributed by atoms with Gasteiger partial charge >= 0.3 is 0 Å². The molecule has 0 aromatic heterocycles. The van der Waals surface area contributed by atoms with Crippen LogP contribution in [0.2, 0.25) is 0 Å². The Balaban J connectivity index is 2.45. The minimum atomic E-state index is -0.796. The fourth-order valence-electron chi connectivity index (χ4n) is 1.77. The van der Waals surface area contributed by atoms with Gasteiger partial charge in [-0.15, -0.1) is 0 Å². The Bertz CT molecular complexity index is 337. The van der Waals surface area contributed by atoms with Crippen LogP contribution in [0, 0.1) is 17.6 Å². The predicted molar refractivity (Wildman–Crippen MR) is 62.1 cm³/mol. The van der Waals surface area contributed by atoms with Crippen molar-refractivity contribution in [3.63, 3.8) is 0 Å². The van der Waals surface area contributed by atoms with Gasteiger partial charge in [0.25, 0.3) is 0 Å². The second kappa shape index (κ2) is 5.94. The molecule has 0 saturated carbocycles. The first kappa shape index (κ1) is 13.1.